The molecule has 4 rings (SSSR count). The Morgan fingerprint density at radius 1 is 1.03 bits per heavy atom. The summed E-state index contributed by atoms with van der Waals surface area (Å²) in [6.45, 7) is 7.62. The Balaban J connectivity index is 1.45. The van der Waals surface area contributed by atoms with Gasteiger partial charge in [-0.1, -0.05) is 6.42 Å². The average molecular weight is 458 g/mol. The SMILES string of the molecule is Cc1cc(N2CCOCC2)ccc1NC(=O)c1ccc(S(=O)(=O)N2CCCCC2C)cc1. The van der Waals surface area contributed by atoms with Crippen molar-refractivity contribution < 1.29 is 17.9 Å². The van der Waals surface area contributed by atoms with Gasteiger partial charge in [0.1, 0.15) is 0 Å². The third-order valence-electron chi connectivity index (χ3n) is 6.30. The van der Waals surface area contributed by atoms with Gasteiger partial charge in [-0.05, 0) is 74.7 Å². The summed E-state index contributed by atoms with van der Waals surface area (Å²) >= 11 is 0. The number of morpholine rings is 1. The molecular formula is C24H31N3O4S. The lowest BCUT2D eigenvalue weighted by molar-refractivity contribution is 0.102. The molecule has 2 saturated heterocycles. The Bertz CT molecular complexity index is 1060. The van der Waals surface area contributed by atoms with Crippen LogP contribution in [0.3, 0.4) is 0 Å². The Hall–Kier alpha value is -2.42. The molecule has 0 bridgehead atoms. The van der Waals surface area contributed by atoms with Gasteiger partial charge in [-0.2, -0.15) is 4.31 Å². The van der Waals surface area contributed by atoms with Gasteiger partial charge in [-0.15, -0.1) is 0 Å². The predicted molar refractivity (Wildman–Crippen MR) is 126 cm³/mol. The smallest absolute Gasteiger partial charge is 0.255 e. The van der Waals surface area contributed by atoms with Crippen molar-refractivity contribution in [1.82, 2.24) is 4.31 Å². The monoisotopic (exact) mass is 457 g/mol. The van der Waals surface area contributed by atoms with E-state index in [9.17, 15) is 13.2 Å². The Kier molecular flexibility index (Phi) is 6.83. The normalized spacial score (nSPS) is 20.2. The van der Waals surface area contributed by atoms with Gasteiger partial charge >= 0.3 is 0 Å². The number of hydrogen-bond acceptors (Lipinski definition) is 5. The van der Waals surface area contributed by atoms with E-state index >= 15 is 0 Å². The largest absolute Gasteiger partial charge is 0.378 e. The molecule has 1 amide bonds. The first-order chi connectivity index (χ1) is 15.4. The molecule has 2 aromatic carbocycles. The standard InChI is InChI=1S/C24H31N3O4S/c1-18-17-21(26-13-15-31-16-14-26)8-11-23(18)25-24(28)20-6-9-22(10-7-20)32(29,30)27-12-4-3-5-19(27)2/h6-11,17,19H,3-5,12-16H2,1-2H3,(H,25,28). The number of nitrogens with zero attached hydrogens (tertiary/aromatic N) is 2. The maximum atomic E-state index is 13.0. The highest BCUT2D eigenvalue weighted by molar-refractivity contribution is 7.89. The molecule has 0 spiro atoms. The Morgan fingerprint density at radius 2 is 1.75 bits per heavy atom. The van der Waals surface area contributed by atoms with Crippen molar-refractivity contribution in [2.75, 3.05) is 43.1 Å². The van der Waals surface area contributed by atoms with E-state index in [4.69, 9.17) is 4.74 Å². The van der Waals surface area contributed by atoms with E-state index in [1.165, 1.54) is 12.1 Å². The third-order valence-corrected chi connectivity index (χ3v) is 8.33. The third kappa shape index (κ3) is 4.82. The van der Waals surface area contributed by atoms with Gasteiger partial charge < -0.3 is 15.0 Å². The number of carbonyl (C=O) groups excluding carboxylic acids is 1. The van der Waals surface area contributed by atoms with Crippen LogP contribution in [0.1, 0.15) is 42.1 Å². The molecule has 1 unspecified atom stereocenters. The zero-order chi connectivity index (χ0) is 22.7. The number of anilines is 2. The predicted octanol–water partition coefficient (Wildman–Crippen LogP) is 3.65. The summed E-state index contributed by atoms with van der Waals surface area (Å²) in [6.07, 6.45) is 2.82. The maximum absolute atomic E-state index is 13.0. The summed E-state index contributed by atoms with van der Waals surface area (Å²) in [7, 11) is -3.55. The van der Waals surface area contributed by atoms with Crippen molar-refractivity contribution in [3.05, 3.63) is 53.6 Å². The lowest BCUT2D eigenvalue weighted by Crippen LogP contribution is -2.41. The molecule has 1 atom stereocenters. The van der Waals surface area contributed by atoms with Gasteiger partial charge in [-0.25, -0.2) is 8.42 Å². The van der Waals surface area contributed by atoms with Crippen LogP contribution in [0, 0.1) is 6.92 Å². The van der Waals surface area contributed by atoms with Crippen LogP contribution in [0.4, 0.5) is 11.4 Å². The van der Waals surface area contributed by atoms with Crippen molar-refractivity contribution >= 4 is 27.3 Å². The van der Waals surface area contributed by atoms with Crippen molar-refractivity contribution in [1.29, 1.82) is 0 Å². The maximum Gasteiger partial charge on any atom is 0.255 e. The molecular weight excluding hydrogens is 426 g/mol. The molecule has 2 heterocycles. The lowest BCUT2D eigenvalue weighted by atomic mass is 10.1. The number of carbonyl (C=O) groups is 1. The van der Waals surface area contributed by atoms with Gasteiger partial charge in [-0.3, -0.25) is 4.79 Å². The van der Waals surface area contributed by atoms with E-state index in [-0.39, 0.29) is 16.8 Å². The van der Waals surface area contributed by atoms with Gasteiger partial charge in [0.25, 0.3) is 5.91 Å². The number of nitrogens with one attached hydrogen (secondary N) is 1. The summed E-state index contributed by atoms with van der Waals surface area (Å²) in [5.74, 6) is -0.262. The molecule has 0 aliphatic carbocycles. The summed E-state index contributed by atoms with van der Waals surface area (Å²) < 4.78 is 33.0. The first kappa shape index (κ1) is 22.8. The van der Waals surface area contributed by atoms with Crippen LogP contribution in [-0.2, 0) is 14.8 Å². The van der Waals surface area contributed by atoms with E-state index in [0.717, 1.165) is 62.5 Å². The van der Waals surface area contributed by atoms with Crippen LogP contribution in [0.2, 0.25) is 0 Å². The second-order valence-corrected chi connectivity index (χ2v) is 10.4. The summed E-state index contributed by atoms with van der Waals surface area (Å²) in [6, 6.07) is 12.2. The fourth-order valence-electron chi connectivity index (χ4n) is 4.34. The zero-order valence-electron chi connectivity index (χ0n) is 18.7. The molecule has 0 radical (unpaired) electrons. The van der Waals surface area contributed by atoms with Gasteiger partial charge in [0.2, 0.25) is 10.0 Å². The zero-order valence-corrected chi connectivity index (χ0v) is 19.5. The molecule has 0 aromatic heterocycles. The molecule has 2 aliphatic heterocycles. The van der Waals surface area contributed by atoms with Crippen molar-refractivity contribution in [2.45, 2.75) is 44.0 Å². The van der Waals surface area contributed by atoms with E-state index in [1.807, 2.05) is 26.0 Å². The minimum Gasteiger partial charge on any atom is -0.378 e. The molecule has 1 N–H and O–H groups in total. The summed E-state index contributed by atoms with van der Waals surface area (Å²) in [4.78, 5) is 15.3. The molecule has 32 heavy (non-hydrogen) atoms. The number of benzene rings is 2. The first-order valence-electron chi connectivity index (χ1n) is 11.2. The number of rotatable bonds is 5. The fourth-order valence-corrected chi connectivity index (χ4v) is 6.04. The summed E-state index contributed by atoms with van der Waals surface area (Å²) in [5.41, 5.74) is 3.25. The second-order valence-electron chi connectivity index (χ2n) is 8.54. The average Bonchev–Trinajstić information content (AvgIpc) is 2.81. The molecule has 2 aromatic rings. The van der Waals surface area contributed by atoms with Crippen LogP contribution in [0.25, 0.3) is 0 Å². The Labute approximate surface area is 190 Å². The molecule has 7 nitrogen and oxygen atoms in total. The van der Waals surface area contributed by atoms with E-state index < -0.39 is 10.0 Å². The van der Waals surface area contributed by atoms with E-state index in [0.29, 0.717) is 12.1 Å². The molecule has 8 heteroatoms. The molecule has 172 valence electrons. The van der Waals surface area contributed by atoms with Crippen LogP contribution in [0.5, 0.6) is 0 Å². The number of aryl methyl sites for hydroxylation is 1. The minimum absolute atomic E-state index is 0.000125. The van der Waals surface area contributed by atoms with Crippen molar-refractivity contribution in [3.8, 4) is 0 Å². The number of hydrogen-bond donors (Lipinski definition) is 1. The topological polar surface area (TPSA) is 79.0 Å². The summed E-state index contributed by atoms with van der Waals surface area (Å²) in [5, 5.41) is 2.94. The number of ether oxygens (including phenoxy) is 1. The van der Waals surface area contributed by atoms with Gasteiger partial charge in [0, 0.05) is 42.6 Å². The fraction of sp³-hybridized carbons (Fsp3) is 0.458. The molecule has 2 fully saturated rings. The highest BCUT2D eigenvalue weighted by Crippen LogP contribution is 2.26. The highest BCUT2D eigenvalue weighted by atomic mass is 32.2. The number of amides is 1. The minimum atomic E-state index is -3.55. The van der Waals surface area contributed by atoms with E-state index in [2.05, 4.69) is 16.3 Å². The van der Waals surface area contributed by atoms with Gasteiger partial charge in [0.15, 0.2) is 0 Å². The first-order valence-corrected chi connectivity index (χ1v) is 12.7. The second kappa shape index (κ2) is 9.60. The van der Waals surface area contributed by atoms with Crippen LogP contribution in [-0.4, -0.2) is 57.5 Å². The van der Waals surface area contributed by atoms with Crippen LogP contribution >= 0.6 is 0 Å². The number of piperidine rings is 1. The Morgan fingerprint density at radius 3 is 2.41 bits per heavy atom. The van der Waals surface area contributed by atoms with E-state index in [1.54, 1.807) is 16.4 Å². The van der Waals surface area contributed by atoms with Crippen molar-refractivity contribution in [2.24, 2.45) is 0 Å². The highest BCUT2D eigenvalue weighted by Gasteiger charge is 2.31. The quantitative estimate of drug-likeness (QED) is 0.742. The van der Waals surface area contributed by atoms with Crippen LogP contribution < -0.4 is 10.2 Å². The van der Waals surface area contributed by atoms with Gasteiger partial charge in [0.05, 0.1) is 18.1 Å². The lowest BCUT2D eigenvalue weighted by Gasteiger charge is -2.32. The molecule has 2 aliphatic rings. The van der Waals surface area contributed by atoms with Crippen LogP contribution in [0.15, 0.2) is 47.4 Å². The molecule has 0 saturated carbocycles. The number of sulfonamides is 1. The van der Waals surface area contributed by atoms with Crippen molar-refractivity contribution in [3.63, 3.8) is 0 Å².